The highest BCUT2D eigenvalue weighted by Gasteiger charge is 2.28. The van der Waals surface area contributed by atoms with Crippen LogP contribution >= 0.6 is 12.6 Å². The average Bonchev–Trinajstić information content (AvgIpc) is 2.90. The molecule has 4 N–H and O–H groups in total. The number of benzene rings is 4. The molecule has 210 valence electrons. The van der Waals surface area contributed by atoms with E-state index in [0.717, 1.165) is 56.5 Å². The molecule has 40 heavy (non-hydrogen) atoms. The third-order valence-corrected chi connectivity index (χ3v) is 8.82. The molecule has 0 spiro atoms. The zero-order valence-corrected chi connectivity index (χ0v) is 25.3. The van der Waals surface area contributed by atoms with Gasteiger partial charge in [0.25, 0.3) is 0 Å². The molecule has 0 heterocycles. The van der Waals surface area contributed by atoms with Gasteiger partial charge in [-0.1, -0.05) is 77.1 Å². The molecule has 0 saturated heterocycles. The van der Waals surface area contributed by atoms with Crippen LogP contribution in [0.15, 0.2) is 65.6 Å². The van der Waals surface area contributed by atoms with E-state index in [0.29, 0.717) is 17.1 Å². The lowest BCUT2D eigenvalue weighted by atomic mass is 9.75. The summed E-state index contributed by atoms with van der Waals surface area (Å²) in [5.74, 6) is 0.876. The highest BCUT2D eigenvalue weighted by Crippen LogP contribution is 2.41. The zero-order valence-electron chi connectivity index (χ0n) is 24.4. The smallest absolute Gasteiger partial charge is 0.128 e. The van der Waals surface area contributed by atoms with Crippen LogP contribution in [-0.2, 0) is 23.7 Å². The van der Waals surface area contributed by atoms with Gasteiger partial charge in [-0.15, -0.1) is 12.6 Å². The minimum atomic E-state index is -0.421. The lowest BCUT2D eigenvalue weighted by Crippen LogP contribution is -2.20. The monoisotopic (exact) mass is 556 g/mol. The fourth-order valence-electron chi connectivity index (χ4n) is 5.40. The Morgan fingerprint density at radius 3 is 1.45 bits per heavy atom. The second-order valence-electron chi connectivity index (χ2n) is 11.9. The minimum Gasteiger partial charge on any atom is -0.508 e. The Kier molecular flexibility index (Phi) is 7.92. The van der Waals surface area contributed by atoms with E-state index < -0.39 is 5.41 Å². The maximum Gasteiger partial charge on any atom is 0.128 e. The van der Waals surface area contributed by atoms with E-state index in [1.165, 1.54) is 0 Å². The van der Waals surface area contributed by atoms with Gasteiger partial charge >= 0.3 is 0 Å². The standard InChI is InChI=1S/C35H40O4S/c1-8-22-16-25(9-11-29(22)36)34(4,5)27-13-20(2)32(38)23(17-27)15-24-18-28(14-21(3)33(24)39)35(6,7)26-10-12-30(37)31(40)19-26/h9-14,16-19,36-40H,8,15H2,1-7H3. The van der Waals surface area contributed by atoms with Crippen LogP contribution in [0.25, 0.3) is 0 Å². The molecule has 5 heteroatoms. The fourth-order valence-corrected chi connectivity index (χ4v) is 5.62. The number of rotatable bonds is 7. The third kappa shape index (κ3) is 5.40. The highest BCUT2D eigenvalue weighted by atomic mass is 32.1. The highest BCUT2D eigenvalue weighted by molar-refractivity contribution is 7.80. The minimum absolute atomic E-state index is 0.136. The van der Waals surface area contributed by atoms with Crippen molar-refractivity contribution in [3.8, 4) is 23.0 Å². The van der Waals surface area contributed by atoms with Crippen molar-refractivity contribution in [2.24, 2.45) is 0 Å². The molecule has 0 fully saturated rings. The van der Waals surface area contributed by atoms with Gasteiger partial charge in [-0.3, -0.25) is 0 Å². The number of aromatic hydroxyl groups is 4. The first-order valence-electron chi connectivity index (χ1n) is 13.7. The number of hydrogen-bond acceptors (Lipinski definition) is 5. The van der Waals surface area contributed by atoms with Gasteiger partial charge in [0.15, 0.2) is 0 Å². The van der Waals surface area contributed by atoms with Crippen molar-refractivity contribution in [3.63, 3.8) is 0 Å². The maximum absolute atomic E-state index is 11.1. The van der Waals surface area contributed by atoms with E-state index in [4.69, 9.17) is 0 Å². The Morgan fingerprint density at radius 1 is 0.575 bits per heavy atom. The number of thiol groups is 1. The van der Waals surface area contributed by atoms with Crippen molar-refractivity contribution in [1.82, 2.24) is 0 Å². The van der Waals surface area contributed by atoms with Crippen LogP contribution in [0.4, 0.5) is 0 Å². The molecule has 0 bridgehead atoms. The van der Waals surface area contributed by atoms with Crippen LogP contribution < -0.4 is 0 Å². The van der Waals surface area contributed by atoms with E-state index in [2.05, 4.69) is 46.4 Å². The van der Waals surface area contributed by atoms with E-state index in [1.54, 1.807) is 12.1 Å². The Hall–Kier alpha value is -3.57. The van der Waals surface area contributed by atoms with Crippen LogP contribution in [0.5, 0.6) is 23.0 Å². The quantitative estimate of drug-likeness (QED) is 0.149. The largest absolute Gasteiger partial charge is 0.508 e. The van der Waals surface area contributed by atoms with Gasteiger partial charge < -0.3 is 20.4 Å². The van der Waals surface area contributed by atoms with Crippen molar-refractivity contribution in [2.45, 2.75) is 77.0 Å². The Labute approximate surface area is 243 Å². The molecular formula is C35H40O4S. The van der Waals surface area contributed by atoms with Crippen LogP contribution in [0.3, 0.4) is 0 Å². The number of phenolic OH excluding ortho intramolecular Hbond substituents is 4. The summed E-state index contributed by atoms with van der Waals surface area (Å²) in [6.45, 7) is 14.3. The molecule has 0 radical (unpaired) electrons. The zero-order chi connectivity index (χ0) is 29.6. The third-order valence-electron chi connectivity index (χ3n) is 8.46. The molecule has 4 nitrogen and oxygen atoms in total. The molecule has 0 saturated carbocycles. The summed E-state index contributed by atoms with van der Waals surface area (Å²) < 4.78 is 0. The molecule has 0 aliphatic heterocycles. The number of phenols is 4. The van der Waals surface area contributed by atoms with Crippen LogP contribution in [0.1, 0.15) is 84.7 Å². The molecular weight excluding hydrogens is 516 g/mol. The SMILES string of the molecule is CCc1cc(C(C)(C)c2cc(C)c(O)c(Cc3cc(C(C)(C)c4ccc(O)c(S)c4)cc(C)c3O)c2)ccc1O. The molecule has 4 rings (SSSR count). The Bertz CT molecular complexity index is 1580. The Morgan fingerprint density at radius 2 is 1.00 bits per heavy atom. The van der Waals surface area contributed by atoms with Crippen molar-refractivity contribution < 1.29 is 20.4 Å². The lowest BCUT2D eigenvalue weighted by molar-refractivity contribution is 0.457. The van der Waals surface area contributed by atoms with E-state index in [1.807, 2.05) is 63.2 Å². The first kappa shape index (κ1) is 29.4. The van der Waals surface area contributed by atoms with Gasteiger partial charge in [0.1, 0.15) is 23.0 Å². The molecule has 0 aliphatic rings. The first-order chi connectivity index (χ1) is 18.7. The summed E-state index contributed by atoms with van der Waals surface area (Å²) in [6, 6.07) is 19.2. The summed E-state index contributed by atoms with van der Waals surface area (Å²) in [5, 5.41) is 42.4. The lowest BCUT2D eigenvalue weighted by Gasteiger charge is -2.29. The second kappa shape index (κ2) is 10.8. The summed E-state index contributed by atoms with van der Waals surface area (Å²) in [5.41, 5.74) is 7.24. The molecule has 4 aromatic carbocycles. The molecule has 0 atom stereocenters. The van der Waals surface area contributed by atoms with Crippen molar-refractivity contribution in [3.05, 3.63) is 111 Å². The van der Waals surface area contributed by atoms with Crippen molar-refractivity contribution >= 4 is 12.6 Å². The van der Waals surface area contributed by atoms with E-state index in [-0.39, 0.29) is 22.7 Å². The maximum atomic E-state index is 11.1. The van der Waals surface area contributed by atoms with Crippen LogP contribution in [0, 0.1) is 13.8 Å². The van der Waals surface area contributed by atoms with Gasteiger partial charge in [0, 0.05) is 22.1 Å². The topological polar surface area (TPSA) is 80.9 Å². The van der Waals surface area contributed by atoms with Crippen LogP contribution in [0.2, 0.25) is 0 Å². The van der Waals surface area contributed by atoms with Crippen molar-refractivity contribution in [1.29, 1.82) is 0 Å². The van der Waals surface area contributed by atoms with Gasteiger partial charge in [0.2, 0.25) is 0 Å². The van der Waals surface area contributed by atoms with E-state index >= 15 is 0 Å². The van der Waals surface area contributed by atoms with Gasteiger partial charge in [-0.2, -0.15) is 0 Å². The summed E-state index contributed by atoms with van der Waals surface area (Å²) in [6.07, 6.45) is 1.09. The van der Waals surface area contributed by atoms with Crippen molar-refractivity contribution in [2.75, 3.05) is 0 Å². The van der Waals surface area contributed by atoms with Gasteiger partial charge in [-0.05, 0) is 88.5 Å². The summed E-state index contributed by atoms with van der Waals surface area (Å²) >= 11 is 4.40. The van der Waals surface area contributed by atoms with Gasteiger partial charge in [-0.25, -0.2) is 0 Å². The molecule has 0 amide bonds. The molecule has 0 aromatic heterocycles. The number of hydrogen-bond donors (Lipinski definition) is 5. The van der Waals surface area contributed by atoms with Crippen LogP contribution in [-0.4, -0.2) is 20.4 Å². The second-order valence-corrected chi connectivity index (χ2v) is 12.4. The summed E-state index contributed by atoms with van der Waals surface area (Å²) in [4.78, 5) is 0.515. The normalized spacial score (nSPS) is 12.1. The number of aryl methyl sites for hydroxylation is 3. The fraction of sp³-hybridized carbons (Fsp3) is 0.314. The predicted octanol–water partition coefficient (Wildman–Crippen LogP) is 8.22. The average molecular weight is 557 g/mol. The molecule has 0 unspecified atom stereocenters. The first-order valence-corrected chi connectivity index (χ1v) is 14.1. The predicted molar refractivity (Wildman–Crippen MR) is 166 cm³/mol. The molecule has 0 aliphatic carbocycles. The summed E-state index contributed by atoms with van der Waals surface area (Å²) in [7, 11) is 0. The molecule has 4 aromatic rings. The Balaban J connectivity index is 1.78. The van der Waals surface area contributed by atoms with Gasteiger partial charge in [0.05, 0.1) is 0 Å². The van der Waals surface area contributed by atoms with E-state index in [9.17, 15) is 20.4 Å².